The molecule has 3 aliphatic rings. The van der Waals surface area contributed by atoms with Crippen LogP contribution >= 0.6 is 0 Å². The first-order valence-electron chi connectivity index (χ1n) is 9.16. The third-order valence-electron chi connectivity index (χ3n) is 4.95. The molecule has 1 aromatic carbocycles. The number of fused-ring (bicyclic) bond motifs is 1. The summed E-state index contributed by atoms with van der Waals surface area (Å²) in [6, 6.07) is 5.91. The molecule has 5 unspecified atom stereocenters. The highest BCUT2D eigenvalue weighted by atomic mass is 16.6. The second kappa shape index (κ2) is 8.61. The minimum absolute atomic E-state index is 0.0441. The summed E-state index contributed by atoms with van der Waals surface area (Å²) in [5, 5.41) is 8.94. The molecule has 5 atom stereocenters. The minimum Gasteiger partial charge on any atom is -0.508 e. The van der Waals surface area contributed by atoms with Crippen molar-refractivity contribution in [3.63, 3.8) is 0 Å². The zero-order valence-corrected chi connectivity index (χ0v) is 16.1. The third kappa shape index (κ3) is 4.56. The molecule has 29 heavy (non-hydrogen) atoms. The van der Waals surface area contributed by atoms with Gasteiger partial charge in [0, 0.05) is 11.5 Å². The molecule has 0 amide bonds. The molecule has 1 aromatic rings. The number of carbonyl (C=O) groups excluding carboxylic acids is 3. The number of ether oxygens (including phenoxy) is 4. The molecule has 0 aromatic heterocycles. The number of phenolic OH excluding ortho intramolecular Hbond substituents is 1. The van der Waals surface area contributed by atoms with E-state index in [4.69, 9.17) is 24.1 Å². The molecule has 3 heterocycles. The van der Waals surface area contributed by atoms with Crippen molar-refractivity contribution in [2.75, 3.05) is 6.61 Å². The van der Waals surface area contributed by atoms with Crippen LogP contribution < -0.4 is 4.74 Å². The van der Waals surface area contributed by atoms with Crippen LogP contribution in [-0.4, -0.2) is 54.0 Å². The number of hydrogen-bond acceptors (Lipinski definition) is 8. The van der Waals surface area contributed by atoms with Gasteiger partial charge in [-0.1, -0.05) is 6.58 Å². The van der Waals surface area contributed by atoms with E-state index >= 15 is 0 Å². The first kappa shape index (κ1) is 20.8. The summed E-state index contributed by atoms with van der Waals surface area (Å²) in [6.45, 7) is 7.09. The normalized spacial score (nSPS) is 28.0. The highest BCUT2D eigenvalue weighted by molar-refractivity contribution is 5.96. The summed E-state index contributed by atoms with van der Waals surface area (Å²) in [4.78, 5) is 32.8. The maximum atomic E-state index is 11.4. The molecule has 2 bridgehead atoms. The number of aromatic hydroxyl groups is 1. The van der Waals surface area contributed by atoms with Gasteiger partial charge >= 0.3 is 11.9 Å². The Morgan fingerprint density at radius 2 is 1.86 bits per heavy atom. The van der Waals surface area contributed by atoms with E-state index in [0.29, 0.717) is 23.8 Å². The Hall–Kier alpha value is -2.93. The molecule has 154 valence electrons. The van der Waals surface area contributed by atoms with Gasteiger partial charge in [-0.25, -0.2) is 14.4 Å². The second-order valence-corrected chi connectivity index (χ2v) is 7.19. The van der Waals surface area contributed by atoms with Crippen LogP contribution in [0.1, 0.15) is 20.3 Å². The van der Waals surface area contributed by atoms with E-state index in [9.17, 15) is 14.4 Å². The van der Waals surface area contributed by atoms with Crippen LogP contribution in [0.2, 0.25) is 0 Å². The first-order valence-corrected chi connectivity index (χ1v) is 9.16. The van der Waals surface area contributed by atoms with Gasteiger partial charge in [0.05, 0.1) is 18.8 Å². The van der Waals surface area contributed by atoms with Gasteiger partial charge in [-0.05, 0) is 44.5 Å². The van der Waals surface area contributed by atoms with Crippen molar-refractivity contribution in [3.05, 3.63) is 42.0 Å². The lowest BCUT2D eigenvalue weighted by molar-refractivity contribution is -0.151. The van der Waals surface area contributed by atoms with E-state index in [1.165, 1.54) is 37.1 Å². The van der Waals surface area contributed by atoms with Crippen molar-refractivity contribution in [1.29, 1.82) is 0 Å². The molecule has 8 nitrogen and oxygen atoms in total. The van der Waals surface area contributed by atoms with E-state index < -0.39 is 11.9 Å². The lowest BCUT2D eigenvalue weighted by atomic mass is 9.88. The Morgan fingerprint density at radius 3 is 2.48 bits per heavy atom. The monoisotopic (exact) mass is 402 g/mol. The largest absolute Gasteiger partial charge is 0.508 e. The van der Waals surface area contributed by atoms with E-state index in [-0.39, 0.29) is 35.7 Å². The summed E-state index contributed by atoms with van der Waals surface area (Å²) in [7, 11) is 0. The Kier molecular flexibility index (Phi) is 6.17. The standard InChI is InChI=1S/C11H12O5.C10H10O3/c1-5(3-12)11(13)16-9-7-2-6-4-14-10(9)8(6)15-7;1-7(2)10(12)13-9-5-3-8(11)4-6-9/h6-10H,2,4H2,1H3;3-6,11H,1H2,2H3. The highest BCUT2D eigenvalue weighted by Crippen LogP contribution is 2.46. The third-order valence-corrected chi connectivity index (χ3v) is 4.95. The average Bonchev–Trinajstić information content (AvgIpc) is 3.33. The molecule has 0 radical (unpaired) electrons. The quantitative estimate of drug-likeness (QED) is 0.351. The zero-order chi connectivity index (χ0) is 21.1. The van der Waals surface area contributed by atoms with E-state index in [1.54, 1.807) is 6.92 Å². The Morgan fingerprint density at radius 1 is 1.17 bits per heavy atom. The SMILES string of the molecule is C=C(C)C(=O)Oc1ccc(O)cc1.CC(=C=O)C(=O)OC1C2CC3COC1C3O2. The van der Waals surface area contributed by atoms with Crippen LogP contribution in [0.25, 0.3) is 0 Å². The lowest BCUT2D eigenvalue weighted by Crippen LogP contribution is -2.40. The van der Waals surface area contributed by atoms with Gasteiger partial charge in [-0.15, -0.1) is 0 Å². The lowest BCUT2D eigenvalue weighted by Gasteiger charge is -2.22. The minimum atomic E-state index is -0.622. The van der Waals surface area contributed by atoms with Crippen LogP contribution in [0, 0.1) is 5.92 Å². The maximum absolute atomic E-state index is 11.4. The van der Waals surface area contributed by atoms with Gasteiger partial charge in [0.15, 0.2) is 6.10 Å². The fraction of sp³-hybridized carbons (Fsp3) is 0.429. The number of rotatable bonds is 4. The molecule has 0 saturated carbocycles. The number of phenols is 1. The Labute approximate surface area is 167 Å². The van der Waals surface area contributed by atoms with E-state index in [2.05, 4.69) is 6.58 Å². The van der Waals surface area contributed by atoms with Crippen LogP contribution in [0.5, 0.6) is 11.5 Å². The van der Waals surface area contributed by atoms with Gasteiger partial charge < -0.3 is 24.1 Å². The predicted molar refractivity (Wildman–Crippen MR) is 99.8 cm³/mol. The molecule has 3 aliphatic heterocycles. The van der Waals surface area contributed by atoms with Crippen LogP contribution in [0.3, 0.4) is 0 Å². The first-order chi connectivity index (χ1) is 13.8. The molecule has 3 saturated heterocycles. The van der Waals surface area contributed by atoms with Crippen molar-refractivity contribution in [2.24, 2.45) is 5.92 Å². The fourth-order valence-corrected chi connectivity index (χ4v) is 3.45. The average molecular weight is 402 g/mol. The van der Waals surface area contributed by atoms with Crippen molar-refractivity contribution in [1.82, 2.24) is 0 Å². The van der Waals surface area contributed by atoms with Crippen molar-refractivity contribution < 1.29 is 38.4 Å². The summed E-state index contributed by atoms with van der Waals surface area (Å²) in [5.41, 5.74) is 0.297. The fourth-order valence-electron chi connectivity index (χ4n) is 3.45. The number of hydrogen-bond donors (Lipinski definition) is 1. The summed E-state index contributed by atoms with van der Waals surface area (Å²) in [5.74, 6) is 1.43. The van der Waals surface area contributed by atoms with E-state index in [0.717, 1.165) is 6.42 Å². The van der Waals surface area contributed by atoms with Gasteiger partial charge in [-0.2, -0.15) is 0 Å². The highest BCUT2D eigenvalue weighted by Gasteiger charge is 2.60. The predicted octanol–water partition coefficient (Wildman–Crippen LogP) is 1.74. The molecular weight excluding hydrogens is 380 g/mol. The molecular formula is C21H22O8. The van der Waals surface area contributed by atoms with Gasteiger partial charge in [0.2, 0.25) is 0 Å². The van der Waals surface area contributed by atoms with E-state index in [1.807, 2.05) is 0 Å². The molecule has 8 heteroatoms. The molecule has 1 N–H and O–H groups in total. The number of benzene rings is 1. The summed E-state index contributed by atoms with van der Waals surface area (Å²) in [6.07, 6.45) is 0.379. The molecule has 0 aliphatic carbocycles. The van der Waals surface area contributed by atoms with Gasteiger partial charge in [-0.3, -0.25) is 0 Å². The Balaban J connectivity index is 0.000000170. The number of carbonyl (C=O) groups is 2. The topological polar surface area (TPSA) is 108 Å². The molecule has 4 rings (SSSR count). The second-order valence-electron chi connectivity index (χ2n) is 7.19. The maximum Gasteiger partial charge on any atom is 0.345 e. The number of esters is 2. The summed E-state index contributed by atoms with van der Waals surface area (Å²) >= 11 is 0. The smallest absolute Gasteiger partial charge is 0.345 e. The zero-order valence-electron chi connectivity index (χ0n) is 16.1. The Bertz CT molecular complexity index is 850. The van der Waals surface area contributed by atoms with Crippen molar-refractivity contribution >= 4 is 17.9 Å². The van der Waals surface area contributed by atoms with Crippen LogP contribution in [-0.2, 0) is 28.6 Å². The summed E-state index contributed by atoms with van der Waals surface area (Å²) < 4.78 is 21.3. The molecule has 3 fully saturated rings. The van der Waals surface area contributed by atoms with Crippen LogP contribution in [0.4, 0.5) is 0 Å². The van der Waals surface area contributed by atoms with Gasteiger partial charge in [0.1, 0.15) is 29.1 Å². The van der Waals surface area contributed by atoms with Gasteiger partial charge in [0.25, 0.3) is 0 Å². The van der Waals surface area contributed by atoms with Crippen molar-refractivity contribution in [2.45, 2.75) is 44.7 Å². The van der Waals surface area contributed by atoms with Crippen LogP contribution in [0.15, 0.2) is 42.0 Å². The molecule has 0 spiro atoms. The van der Waals surface area contributed by atoms with Crippen molar-refractivity contribution in [3.8, 4) is 11.5 Å².